The summed E-state index contributed by atoms with van der Waals surface area (Å²) in [6.45, 7) is 9.30. The van der Waals surface area contributed by atoms with E-state index in [4.69, 9.17) is 9.47 Å². The minimum atomic E-state index is -1.18. The highest BCUT2D eigenvalue weighted by Gasteiger charge is 2.66. The number of hydrogen-bond acceptors (Lipinski definition) is 4. The minimum Gasteiger partial charge on any atom is -0.367 e. The zero-order valence-electron chi connectivity index (χ0n) is 21.7. The zero-order chi connectivity index (χ0) is 25.1. The summed E-state index contributed by atoms with van der Waals surface area (Å²) in [5, 5.41) is 11.3. The average molecular weight is 485 g/mol. The molecule has 5 heteroatoms. The van der Waals surface area contributed by atoms with Crippen molar-refractivity contribution < 1.29 is 23.8 Å². The second-order valence-corrected chi connectivity index (χ2v) is 12.1. The van der Waals surface area contributed by atoms with Crippen molar-refractivity contribution in [2.24, 2.45) is 28.6 Å². The van der Waals surface area contributed by atoms with Crippen LogP contribution in [-0.2, 0) is 20.9 Å². The van der Waals surface area contributed by atoms with E-state index in [1.54, 1.807) is 19.1 Å². The second kappa shape index (κ2) is 8.78. The smallest absolute Gasteiger partial charge is 0.169 e. The maximum Gasteiger partial charge on any atom is 0.169 e. The summed E-state index contributed by atoms with van der Waals surface area (Å²) < 4.78 is 25.6. The largest absolute Gasteiger partial charge is 0.367 e. The molecule has 3 saturated carbocycles. The fourth-order valence-corrected chi connectivity index (χ4v) is 8.70. The Bertz CT molecular complexity index is 1000. The number of benzene rings is 1. The summed E-state index contributed by atoms with van der Waals surface area (Å²) in [5.74, 6) is 0.350. The number of halogens is 1. The van der Waals surface area contributed by atoms with Gasteiger partial charge in [-0.05, 0) is 93.2 Å². The zero-order valence-corrected chi connectivity index (χ0v) is 21.7. The third-order valence-electron chi connectivity index (χ3n) is 10.6. The molecule has 3 fully saturated rings. The van der Waals surface area contributed by atoms with Crippen molar-refractivity contribution >= 4 is 5.78 Å². The Kier molecular flexibility index (Phi) is 6.30. The first kappa shape index (κ1) is 25.1. The van der Waals surface area contributed by atoms with Crippen molar-refractivity contribution in [2.45, 2.75) is 97.1 Å². The molecule has 0 radical (unpaired) electrons. The van der Waals surface area contributed by atoms with Crippen molar-refractivity contribution in [1.82, 2.24) is 0 Å². The van der Waals surface area contributed by atoms with Crippen molar-refractivity contribution in [3.05, 3.63) is 47.3 Å². The Morgan fingerprint density at radius 3 is 2.46 bits per heavy atom. The Hall–Kier alpha value is -1.56. The summed E-state index contributed by atoms with van der Waals surface area (Å²) >= 11 is 0. The molecule has 0 heterocycles. The van der Waals surface area contributed by atoms with Gasteiger partial charge in [0.2, 0.25) is 0 Å². The molecular formula is C30H41FO4. The number of allylic oxidation sites excluding steroid dienone is 1. The van der Waals surface area contributed by atoms with E-state index < -0.39 is 11.4 Å². The molecule has 0 bridgehead atoms. The molecule has 0 spiro atoms. The van der Waals surface area contributed by atoms with Gasteiger partial charge in [-0.2, -0.15) is 0 Å². The van der Waals surface area contributed by atoms with Crippen LogP contribution in [0.15, 0.2) is 35.9 Å². The lowest BCUT2D eigenvalue weighted by molar-refractivity contribution is -0.232. The van der Waals surface area contributed by atoms with E-state index in [9.17, 15) is 14.3 Å². The molecule has 1 aromatic rings. The molecule has 0 aliphatic heterocycles. The van der Waals surface area contributed by atoms with Gasteiger partial charge in [0.1, 0.15) is 11.4 Å². The van der Waals surface area contributed by atoms with Gasteiger partial charge in [-0.15, -0.1) is 0 Å². The monoisotopic (exact) mass is 484 g/mol. The maximum absolute atomic E-state index is 13.2. The van der Waals surface area contributed by atoms with E-state index in [0.717, 1.165) is 44.1 Å². The number of aliphatic hydroxyl groups is 1. The molecule has 192 valence electrons. The minimum absolute atomic E-state index is 0.0583. The highest BCUT2D eigenvalue weighted by Crippen LogP contribution is 2.68. The van der Waals surface area contributed by atoms with E-state index >= 15 is 0 Å². The highest BCUT2D eigenvalue weighted by molar-refractivity contribution is 5.86. The average Bonchev–Trinajstić information content (AvgIpc) is 3.13. The van der Waals surface area contributed by atoms with Gasteiger partial charge in [0.05, 0.1) is 6.61 Å². The fourth-order valence-electron chi connectivity index (χ4n) is 8.70. The lowest BCUT2D eigenvalue weighted by Gasteiger charge is -2.60. The van der Waals surface area contributed by atoms with Crippen LogP contribution >= 0.6 is 0 Å². The normalized spacial score (nSPS) is 42.6. The third-order valence-corrected chi connectivity index (χ3v) is 10.6. The summed E-state index contributed by atoms with van der Waals surface area (Å²) in [4.78, 5) is 12.9. The van der Waals surface area contributed by atoms with E-state index in [1.807, 2.05) is 6.92 Å². The van der Waals surface area contributed by atoms with Gasteiger partial charge in [-0.1, -0.05) is 37.6 Å². The molecule has 7 atom stereocenters. The summed E-state index contributed by atoms with van der Waals surface area (Å²) in [7, 11) is 0. The van der Waals surface area contributed by atoms with Crippen LogP contribution < -0.4 is 0 Å². The molecule has 4 nitrogen and oxygen atoms in total. The molecule has 4 aliphatic rings. The SMILES string of the molecule is CCOC1(C(C)=O)CCC2C3CC=C4CC(O)(OCc5ccc(F)cc5)CCC4(C)C3CCC21C. The molecule has 1 N–H and O–H groups in total. The van der Waals surface area contributed by atoms with E-state index in [0.29, 0.717) is 37.2 Å². The van der Waals surface area contributed by atoms with Crippen molar-refractivity contribution in [1.29, 1.82) is 0 Å². The number of hydrogen-bond donors (Lipinski definition) is 1. The van der Waals surface area contributed by atoms with Crippen molar-refractivity contribution in [3.8, 4) is 0 Å². The Labute approximate surface area is 209 Å². The lowest BCUT2D eigenvalue weighted by atomic mass is 9.46. The van der Waals surface area contributed by atoms with Crippen LogP contribution in [-0.4, -0.2) is 28.9 Å². The van der Waals surface area contributed by atoms with Crippen LogP contribution in [0.4, 0.5) is 4.39 Å². The molecule has 0 saturated heterocycles. The first-order valence-corrected chi connectivity index (χ1v) is 13.5. The Morgan fingerprint density at radius 1 is 1.06 bits per heavy atom. The third kappa shape index (κ3) is 3.84. The van der Waals surface area contributed by atoms with Crippen LogP contribution in [0.2, 0.25) is 0 Å². The number of rotatable bonds is 6. The van der Waals surface area contributed by atoms with Gasteiger partial charge in [0.25, 0.3) is 0 Å². The molecule has 4 aliphatic carbocycles. The van der Waals surface area contributed by atoms with Crippen LogP contribution in [0.1, 0.15) is 84.6 Å². The summed E-state index contributed by atoms with van der Waals surface area (Å²) in [6.07, 6.45) is 9.43. The number of Topliss-reactive ketones (excluding diaryl/α,β-unsaturated/α-hetero) is 1. The number of carbonyl (C=O) groups is 1. The molecule has 5 rings (SSSR count). The van der Waals surface area contributed by atoms with Gasteiger partial charge in [-0.25, -0.2) is 4.39 Å². The maximum atomic E-state index is 13.2. The molecule has 0 amide bonds. The predicted octanol–water partition coefficient (Wildman–Crippen LogP) is 6.36. The van der Waals surface area contributed by atoms with Crippen LogP contribution in [0.3, 0.4) is 0 Å². The van der Waals surface area contributed by atoms with Crippen LogP contribution in [0.5, 0.6) is 0 Å². The van der Waals surface area contributed by atoms with Gasteiger partial charge in [0, 0.05) is 24.9 Å². The van der Waals surface area contributed by atoms with Gasteiger partial charge >= 0.3 is 0 Å². The Balaban J connectivity index is 1.35. The number of ketones is 1. The second-order valence-electron chi connectivity index (χ2n) is 12.1. The number of fused-ring (bicyclic) bond motifs is 5. The molecule has 1 aromatic carbocycles. The summed E-state index contributed by atoms with van der Waals surface area (Å²) in [6, 6.07) is 6.27. The first-order chi connectivity index (χ1) is 16.6. The van der Waals surface area contributed by atoms with Crippen molar-refractivity contribution in [3.63, 3.8) is 0 Å². The van der Waals surface area contributed by atoms with Gasteiger partial charge in [-0.3, -0.25) is 4.79 Å². The number of ether oxygens (including phenoxy) is 2. The van der Waals surface area contributed by atoms with Crippen LogP contribution in [0.25, 0.3) is 0 Å². The topological polar surface area (TPSA) is 55.8 Å². The molecule has 0 aromatic heterocycles. The fraction of sp³-hybridized carbons (Fsp3) is 0.700. The van der Waals surface area contributed by atoms with Crippen LogP contribution in [0, 0.1) is 34.4 Å². The van der Waals surface area contributed by atoms with Gasteiger partial charge in [0.15, 0.2) is 11.6 Å². The van der Waals surface area contributed by atoms with Gasteiger partial charge < -0.3 is 14.6 Å². The molecular weight excluding hydrogens is 443 g/mol. The number of carbonyl (C=O) groups excluding carboxylic acids is 1. The quantitative estimate of drug-likeness (QED) is 0.377. The standard InChI is InChI=1S/C30H41FO4/c1-5-34-30(20(2)32)15-13-26-24-11-8-22-18-29(33,35-19-21-6-9-23(31)10-7-21)17-16-27(22,3)25(24)12-14-28(26,30)4/h6-10,24-26,33H,5,11-19H2,1-4H3. The van der Waals surface area contributed by atoms with Crippen molar-refractivity contribution in [2.75, 3.05) is 6.61 Å². The first-order valence-electron chi connectivity index (χ1n) is 13.5. The molecule has 7 unspecified atom stereocenters. The predicted molar refractivity (Wildman–Crippen MR) is 133 cm³/mol. The van der Waals surface area contributed by atoms with E-state index in [-0.39, 0.29) is 29.0 Å². The molecule has 35 heavy (non-hydrogen) atoms. The lowest BCUT2D eigenvalue weighted by Crippen LogP contribution is -2.58. The van der Waals surface area contributed by atoms with E-state index in [1.165, 1.54) is 17.7 Å². The van der Waals surface area contributed by atoms with E-state index in [2.05, 4.69) is 19.9 Å². The Morgan fingerprint density at radius 2 is 1.77 bits per heavy atom. The highest BCUT2D eigenvalue weighted by atomic mass is 19.1. The summed E-state index contributed by atoms with van der Waals surface area (Å²) in [5.41, 5.74) is 1.51.